The summed E-state index contributed by atoms with van der Waals surface area (Å²) < 4.78 is 29.9. The zero-order valence-corrected chi connectivity index (χ0v) is 28.2. The van der Waals surface area contributed by atoms with E-state index < -0.39 is 24.2 Å². The van der Waals surface area contributed by atoms with Gasteiger partial charge in [0.05, 0.1) is 27.0 Å². The first-order chi connectivity index (χ1) is 20.6. The Hall–Kier alpha value is -2.76. The van der Waals surface area contributed by atoms with E-state index in [4.69, 9.17) is 45.9 Å². The van der Waals surface area contributed by atoms with Crippen molar-refractivity contribution in [2.45, 2.75) is 92.5 Å². The maximum atomic E-state index is 12.5. The summed E-state index contributed by atoms with van der Waals surface area (Å²) in [5, 5.41) is 8.96. The summed E-state index contributed by atoms with van der Waals surface area (Å²) in [4.78, 5) is 28.0. The molecule has 0 radical (unpaired) electrons. The average molecular weight is 675 g/mol. The Balaban J connectivity index is 0.000000639. The van der Waals surface area contributed by atoms with Crippen LogP contribution in [0.15, 0.2) is 18.2 Å². The van der Waals surface area contributed by atoms with Gasteiger partial charge in [0.2, 0.25) is 11.8 Å². The quantitative estimate of drug-likeness (QED) is 0.146. The monoisotopic (exact) mass is 673 g/mol. The van der Waals surface area contributed by atoms with Crippen LogP contribution in [-0.2, 0) is 11.3 Å². The van der Waals surface area contributed by atoms with E-state index in [-0.39, 0.29) is 56.2 Å². The molecule has 44 heavy (non-hydrogen) atoms. The normalized spacial score (nSPS) is 13.5. The number of carbonyl (C=O) groups excluding carboxylic acids is 2. The number of pyridine rings is 1. The molecule has 1 aromatic heterocycles. The van der Waals surface area contributed by atoms with Crippen molar-refractivity contribution < 1.29 is 23.1 Å². The van der Waals surface area contributed by atoms with Gasteiger partial charge < -0.3 is 26.4 Å². The lowest BCUT2D eigenvalue weighted by atomic mass is 9.86. The van der Waals surface area contributed by atoms with Gasteiger partial charge in [0, 0.05) is 12.0 Å². The number of carbonyl (C=O) groups is 2. The number of nitrogen functional groups attached to an aromatic ring is 1. The molecule has 1 aromatic carbocycles. The minimum Gasteiger partial charge on any atom is -0.471 e. The molecule has 1 aliphatic rings. The first kappa shape index (κ1) is 37.4. The number of nitrogens with one attached hydrogen (secondary N) is 3. The molecule has 13 heteroatoms. The highest BCUT2D eigenvalue weighted by Gasteiger charge is 2.22. The third-order valence-electron chi connectivity index (χ3n) is 6.94. The van der Waals surface area contributed by atoms with Crippen LogP contribution in [0, 0.1) is 11.3 Å². The van der Waals surface area contributed by atoms with E-state index in [1.807, 2.05) is 0 Å². The number of nitrogens with zero attached hydrogens (tertiary/aromatic N) is 1. The molecule has 0 saturated heterocycles. The van der Waals surface area contributed by atoms with Crippen molar-refractivity contribution in [1.82, 2.24) is 10.3 Å². The van der Waals surface area contributed by atoms with Gasteiger partial charge in [-0.15, -0.1) is 0 Å². The molecule has 1 amide bonds. The Kier molecular flexibility index (Phi) is 15.0. The molecule has 3 rings (SSSR count). The summed E-state index contributed by atoms with van der Waals surface area (Å²) in [5.41, 5.74) is 6.28. The Morgan fingerprint density at radius 2 is 1.82 bits per heavy atom. The number of ketones is 1. The van der Waals surface area contributed by atoms with E-state index in [1.54, 1.807) is 32.9 Å². The van der Waals surface area contributed by atoms with Gasteiger partial charge >= 0.3 is 0 Å². The highest BCUT2D eigenvalue weighted by molar-refractivity contribution is 7.80. The SMILES string of the molecule is CC(=O)c1cc(NC(=S)Nc2c(Cl)ccc(CNC(=O)C(C)(C)C)c2Cl)c(N)nc1OCC(F)F.CCCC1CCCCC1. The van der Waals surface area contributed by atoms with Gasteiger partial charge in [0.15, 0.2) is 23.3 Å². The van der Waals surface area contributed by atoms with Gasteiger partial charge in [0.25, 0.3) is 6.43 Å². The number of hydrogen-bond donors (Lipinski definition) is 4. The molecule has 1 heterocycles. The average Bonchev–Trinajstić information content (AvgIpc) is 2.95. The first-order valence-electron chi connectivity index (χ1n) is 14.7. The smallest absolute Gasteiger partial charge is 0.272 e. The minimum absolute atomic E-state index is 0.00827. The van der Waals surface area contributed by atoms with E-state index in [0.29, 0.717) is 5.56 Å². The fraction of sp³-hybridized carbons (Fsp3) is 0.548. The van der Waals surface area contributed by atoms with E-state index in [9.17, 15) is 18.4 Å². The van der Waals surface area contributed by atoms with Crippen LogP contribution in [0.3, 0.4) is 0 Å². The summed E-state index contributed by atoms with van der Waals surface area (Å²) >= 11 is 18.1. The number of amides is 1. The number of ether oxygens (including phenoxy) is 1. The molecule has 8 nitrogen and oxygen atoms in total. The summed E-state index contributed by atoms with van der Waals surface area (Å²) in [7, 11) is 0. The number of halogens is 4. The van der Waals surface area contributed by atoms with Crippen LogP contribution in [0.1, 0.15) is 95.5 Å². The second-order valence-electron chi connectivity index (χ2n) is 11.7. The summed E-state index contributed by atoms with van der Waals surface area (Å²) in [6.07, 6.45) is 7.68. The van der Waals surface area contributed by atoms with Crippen molar-refractivity contribution in [3.63, 3.8) is 0 Å². The molecule has 0 unspecified atom stereocenters. The molecular formula is C31H43Cl2F2N5O3S. The van der Waals surface area contributed by atoms with Gasteiger partial charge in [-0.25, -0.2) is 8.78 Å². The van der Waals surface area contributed by atoms with E-state index in [1.165, 1.54) is 57.9 Å². The molecule has 5 N–H and O–H groups in total. The van der Waals surface area contributed by atoms with Crippen molar-refractivity contribution in [3.8, 4) is 5.88 Å². The van der Waals surface area contributed by atoms with Crippen LogP contribution in [0.4, 0.5) is 26.0 Å². The molecule has 0 bridgehead atoms. The molecule has 1 aliphatic carbocycles. The second kappa shape index (κ2) is 17.7. The topological polar surface area (TPSA) is 118 Å². The minimum atomic E-state index is -2.75. The number of thiocarbonyl (C=S) groups is 1. The van der Waals surface area contributed by atoms with E-state index in [2.05, 4.69) is 27.9 Å². The van der Waals surface area contributed by atoms with Gasteiger partial charge in [-0.2, -0.15) is 4.98 Å². The highest BCUT2D eigenvalue weighted by atomic mass is 35.5. The van der Waals surface area contributed by atoms with Crippen molar-refractivity contribution in [1.29, 1.82) is 0 Å². The number of alkyl halides is 2. The van der Waals surface area contributed by atoms with Crippen molar-refractivity contribution in [2.75, 3.05) is 23.0 Å². The molecule has 2 aromatic rings. The van der Waals surface area contributed by atoms with Crippen molar-refractivity contribution in [3.05, 3.63) is 39.4 Å². The number of rotatable bonds is 10. The van der Waals surface area contributed by atoms with Crippen LogP contribution in [0.25, 0.3) is 0 Å². The molecule has 0 spiro atoms. The number of anilines is 3. The van der Waals surface area contributed by atoms with Crippen LogP contribution < -0.4 is 26.4 Å². The molecular weight excluding hydrogens is 631 g/mol. The lowest BCUT2D eigenvalue weighted by Gasteiger charge is -2.20. The first-order valence-corrected chi connectivity index (χ1v) is 15.9. The summed E-state index contributed by atoms with van der Waals surface area (Å²) in [5.74, 6) is 0.0269. The predicted molar refractivity (Wildman–Crippen MR) is 179 cm³/mol. The highest BCUT2D eigenvalue weighted by Crippen LogP contribution is 2.34. The number of aromatic nitrogens is 1. The molecule has 1 fully saturated rings. The van der Waals surface area contributed by atoms with Crippen LogP contribution in [0.2, 0.25) is 10.0 Å². The third kappa shape index (κ3) is 12.0. The lowest BCUT2D eigenvalue weighted by Crippen LogP contribution is -2.34. The Labute approximate surface area is 274 Å². The Morgan fingerprint density at radius 1 is 1.16 bits per heavy atom. The van der Waals surface area contributed by atoms with Gasteiger partial charge in [-0.1, -0.05) is 102 Å². The third-order valence-corrected chi connectivity index (χ3v) is 7.89. The van der Waals surface area contributed by atoms with Crippen molar-refractivity contribution >= 4 is 69.4 Å². The summed E-state index contributed by atoms with van der Waals surface area (Å²) in [6.45, 7) is 8.12. The molecule has 1 saturated carbocycles. The second-order valence-corrected chi connectivity index (χ2v) is 12.9. The van der Waals surface area contributed by atoms with E-state index in [0.717, 1.165) is 5.92 Å². The Morgan fingerprint density at radius 3 is 2.39 bits per heavy atom. The van der Waals surface area contributed by atoms with Gasteiger partial charge in [-0.3, -0.25) is 9.59 Å². The van der Waals surface area contributed by atoms with Gasteiger partial charge in [0.1, 0.15) is 0 Å². The standard InChI is InChI=1S/C22H25Cl2F2N5O3S.C9H18/c1-10(32)12-7-14(18(27)31-19(12)34-9-15(25)26)29-21(35)30-17-13(23)6-5-11(16(17)24)8-28-20(33)22(2,3)4;1-2-6-9-7-4-3-5-8-9/h5-7,15H,8-9H2,1-4H3,(H2,27,31)(H,28,33)(H2,29,30,35);9H,2-8H2,1H3. The summed E-state index contributed by atoms with van der Waals surface area (Å²) in [6, 6.07) is 4.56. The lowest BCUT2D eigenvalue weighted by molar-refractivity contribution is -0.128. The number of benzene rings is 1. The molecule has 0 atom stereocenters. The number of hydrogen-bond acceptors (Lipinski definition) is 6. The van der Waals surface area contributed by atoms with Gasteiger partial charge in [-0.05, 0) is 42.8 Å². The van der Waals surface area contributed by atoms with Crippen LogP contribution in [0.5, 0.6) is 5.88 Å². The maximum absolute atomic E-state index is 12.5. The van der Waals surface area contributed by atoms with E-state index >= 15 is 0 Å². The zero-order valence-electron chi connectivity index (χ0n) is 25.9. The van der Waals surface area contributed by atoms with Crippen LogP contribution >= 0.6 is 35.4 Å². The number of nitrogens with two attached hydrogens (primary N) is 1. The van der Waals surface area contributed by atoms with Crippen LogP contribution in [-0.4, -0.2) is 34.8 Å². The fourth-order valence-corrected chi connectivity index (χ4v) is 5.30. The maximum Gasteiger partial charge on any atom is 0.272 e. The van der Waals surface area contributed by atoms with Crippen molar-refractivity contribution in [2.24, 2.45) is 11.3 Å². The molecule has 244 valence electrons. The number of Topliss-reactive ketones (excluding diaryl/α,β-unsaturated/α-hetero) is 1. The largest absolute Gasteiger partial charge is 0.471 e. The predicted octanol–water partition coefficient (Wildman–Crippen LogP) is 8.66. The zero-order chi connectivity index (χ0) is 33.0. The fourth-order valence-electron chi connectivity index (χ4n) is 4.55. The molecule has 0 aliphatic heterocycles. The Bertz CT molecular complexity index is 1300.